The predicted octanol–water partition coefficient (Wildman–Crippen LogP) is 0.851. The van der Waals surface area contributed by atoms with Crippen molar-refractivity contribution in [3.05, 3.63) is 29.5 Å². The molecule has 9 heteroatoms. The molecule has 2 aromatic rings. The molecule has 1 saturated heterocycles. The number of aromatic nitrogens is 3. The van der Waals surface area contributed by atoms with Gasteiger partial charge in [-0.15, -0.1) is 10.2 Å². The zero-order valence-corrected chi connectivity index (χ0v) is 14.4. The Balaban J connectivity index is 1.48. The van der Waals surface area contributed by atoms with Crippen LogP contribution in [0.4, 0.5) is 0 Å². The van der Waals surface area contributed by atoms with Crippen molar-refractivity contribution in [2.45, 2.75) is 43.9 Å². The molecular formula is C15H21N5O3S. The highest BCUT2D eigenvalue weighted by Gasteiger charge is 2.34. The minimum atomic E-state index is -3.54. The number of hydrogen-bond acceptors (Lipinski definition) is 6. The molecule has 0 atom stereocenters. The Hall–Kier alpha value is -1.71. The van der Waals surface area contributed by atoms with Crippen molar-refractivity contribution in [3.63, 3.8) is 0 Å². The van der Waals surface area contributed by atoms with Gasteiger partial charge in [-0.25, -0.2) is 8.42 Å². The second kappa shape index (κ2) is 5.98. The van der Waals surface area contributed by atoms with Crippen molar-refractivity contribution >= 4 is 10.0 Å². The second-order valence-corrected chi connectivity index (χ2v) is 8.22. The number of nitrogens with one attached hydrogen (secondary N) is 1. The fourth-order valence-corrected chi connectivity index (χ4v) is 4.87. The summed E-state index contributed by atoms with van der Waals surface area (Å²) in [6.45, 7) is 5.25. The summed E-state index contributed by atoms with van der Waals surface area (Å²) in [6.07, 6.45) is 1.51. The van der Waals surface area contributed by atoms with Crippen molar-refractivity contribution in [2.75, 3.05) is 19.6 Å². The third kappa shape index (κ3) is 2.66. The molecule has 1 fully saturated rings. The lowest BCUT2D eigenvalue weighted by Gasteiger charge is -2.30. The lowest BCUT2D eigenvalue weighted by Crippen LogP contribution is -2.38. The molecule has 0 aromatic carbocycles. The van der Waals surface area contributed by atoms with E-state index in [-0.39, 0.29) is 11.0 Å². The molecule has 0 aliphatic carbocycles. The van der Waals surface area contributed by atoms with Crippen LogP contribution < -0.4 is 5.32 Å². The Kier molecular flexibility index (Phi) is 3.93. The van der Waals surface area contributed by atoms with Gasteiger partial charge in [-0.2, -0.15) is 4.31 Å². The van der Waals surface area contributed by atoms with E-state index in [1.807, 2.05) is 0 Å². The van der Waals surface area contributed by atoms with Gasteiger partial charge < -0.3 is 14.3 Å². The van der Waals surface area contributed by atoms with E-state index >= 15 is 0 Å². The summed E-state index contributed by atoms with van der Waals surface area (Å²) >= 11 is 0. The number of sulfonamides is 1. The molecule has 0 unspecified atom stereocenters. The van der Waals surface area contributed by atoms with Crippen LogP contribution in [0.5, 0.6) is 0 Å². The Labute approximate surface area is 140 Å². The van der Waals surface area contributed by atoms with Crippen molar-refractivity contribution in [2.24, 2.45) is 0 Å². The summed E-state index contributed by atoms with van der Waals surface area (Å²) in [5.41, 5.74) is 0. The first kappa shape index (κ1) is 15.8. The monoisotopic (exact) mass is 351 g/mol. The van der Waals surface area contributed by atoms with Crippen LogP contribution >= 0.6 is 0 Å². The molecule has 2 aliphatic heterocycles. The van der Waals surface area contributed by atoms with Crippen LogP contribution in [0.1, 0.15) is 36.2 Å². The van der Waals surface area contributed by atoms with E-state index in [1.54, 1.807) is 13.0 Å². The van der Waals surface area contributed by atoms with Gasteiger partial charge in [0, 0.05) is 32.1 Å². The smallest absolute Gasteiger partial charge is 0.276 e. The number of rotatable bonds is 3. The number of aryl methyl sites for hydroxylation is 1. The van der Waals surface area contributed by atoms with Gasteiger partial charge in [-0.05, 0) is 31.9 Å². The van der Waals surface area contributed by atoms with E-state index in [9.17, 15) is 8.42 Å². The van der Waals surface area contributed by atoms with E-state index < -0.39 is 10.0 Å². The van der Waals surface area contributed by atoms with Gasteiger partial charge in [0.15, 0.2) is 0 Å². The molecule has 4 heterocycles. The zero-order valence-electron chi connectivity index (χ0n) is 13.6. The van der Waals surface area contributed by atoms with Crippen LogP contribution in [0.2, 0.25) is 0 Å². The first-order chi connectivity index (χ1) is 11.6. The first-order valence-corrected chi connectivity index (χ1v) is 9.69. The second-order valence-electron chi connectivity index (χ2n) is 6.35. The summed E-state index contributed by atoms with van der Waals surface area (Å²) < 4.78 is 34.2. The van der Waals surface area contributed by atoms with Crippen LogP contribution in [0, 0.1) is 6.92 Å². The van der Waals surface area contributed by atoms with Crippen LogP contribution in [0.25, 0.3) is 0 Å². The van der Waals surface area contributed by atoms with Gasteiger partial charge in [-0.3, -0.25) is 0 Å². The molecule has 0 radical (unpaired) electrons. The first-order valence-electron chi connectivity index (χ1n) is 8.25. The molecule has 0 spiro atoms. The van der Waals surface area contributed by atoms with Crippen LogP contribution in [0.15, 0.2) is 21.6 Å². The van der Waals surface area contributed by atoms with Crippen molar-refractivity contribution in [3.8, 4) is 0 Å². The SMILES string of the molecule is Cc1ccc(S(=O)(=O)N2CCC(c3nnc4n3CCNC4)CC2)o1. The fourth-order valence-electron chi connectivity index (χ4n) is 3.45. The number of furan rings is 1. The van der Waals surface area contributed by atoms with Crippen molar-refractivity contribution in [1.82, 2.24) is 24.4 Å². The quantitative estimate of drug-likeness (QED) is 0.881. The van der Waals surface area contributed by atoms with E-state index in [1.165, 1.54) is 10.4 Å². The molecule has 130 valence electrons. The number of hydrogen-bond donors (Lipinski definition) is 1. The highest BCUT2D eigenvalue weighted by Crippen LogP contribution is 2.30. The molecular weight excluding hydrogens is 330 g/mol. The Morgan fingerprint density at radius 1 is 1.21 bits per heavy atom. The predicted molar refractivity (Wildman–Crippen MR) is 85.9 cm³/mol. The minimum absolute atomic E-state index is 0.0318. The average Bonchev–Trinajstić information content (AvgIpc) is 3.21. The maximum absolute atomic E-state index is 12.6. The molecule has 1 N–H and O–H groups in total. The van der Waals surface area contributed by atoms with Crippen LogP contribution in [-0.4, -0.2) is 47.1 Å². The molecule has 0 saturated carbocycles. The molecule has 0 amide bonds. The standard InChI is InChI=1S/C15H21N5O3S/c1-11-2-3-14(23-11)24(21,22)19-7-4-12(5-8-19)15-18-17-13-10-16-6-9-20(13)15/h2-3,12,16H,4-10H2,1H3. The summed E-state index contributed by atoms with van der Waals surface area (Å²) in [5.74, 6) is 2.83. The number of nitrogens with zero attached hydrogens (tertiary/aromatic N) is 4. The summed E-state index contributed by atoms with van der Waals surface area (Å²) in [6, 6.07) is 3.20. The average molecular weight is 351 g/mol. The van der Waals surface area contributed by atoms with Crippen molar-refractivity contribution in [1.29, 1.82) is 0 Å². The van der Waals surface area contributed by atoms with E-state index in [4.69, 9.17) is 4.42 Å². The van der Waals surface area contributed by atoms with E-state index in [2.05, 4.69) is 20.1 Å². The third-order valence-corrected chi connectivity index (χ3v) is 6.55. The summed E-state index contributed by atoms with van der Waals surface area (Å²) in [5, 5.41) is 11.9. The molecule has 2 aromatic heterocycles. The maximum atomic E-state index is 12.6. The van der Waals surface area contributed by atoms with Gasteiger partial charge in [0.2, 0.25) is 5.09 Å². The van der Waals surface area contributed by atoms with Crippen molar-refractivity contribution < 1.29 is 12.8 Å². The van der Waals surface area contributed by atoms with E-state index in [0.717, 1.165) is 44.1 Å². The fraction of sp³-hybridized carbons (Fsp3) is 0.600. The zero-order chi connectivity index (χ0) is 16.7. The van der Waals surface area contributed by atoms with Gasteiger partial charge >= 0.3 is 0 Å². The molecule has 0 bridgehead atoms. The normalized spacial score (nSPS) is 20.2. The third-order valence-electron chi connectivity index (χ3n) is 4.78. The van der Waals surface area contributed by atoms with Crippen LogP contribution in [0.3, 0.4) is 0 Å². The molecule has 2 aliphatic rings. The highest BCUT2D eigenvalue weighted by molar-refractivity contribution is 7.89. The van der Waals surface area contributed by atoms with Gasteiger partial charge in [-0.1, -0.05) is 0 Å². The van der Waals surface area contributed by atoms with Crippen LogP contribution in [-0.2, 0) is 23.1 Å². The lowest BCUT2D eigenvalue weighted by molar-refractivity contribution is 0.297. The number of fused-ring (bicyclic) bond motifs is 1. The Morgan fingerprint density at radius 3 is 2.71 bits per heavy atom. The Morgan fingerprint density at radius 2 is 2.00 bits per heavy atom. The van der Waals surface area contributed by atoms with Gasteiger partial charge in [0.25, 0.3) is 10.0 Å². The van der Waals surface area contributed by atoms with E-state index in [0.29, 0.717) is 18.8 Å². The minimum Gasteiger partial charge on any atom is -0.449 e. The molecule has 8 nitrogen and oxygen atoms in total. The molecule has 24 heavy (non-hydrogen) atoms. The summed E-state index contributed by atoms with van der Waals surface area (Å²) in [4.78, 5) is 0. The summed E-state index contributed by atoms with van der Waals surface area (Å²) in [7, 11) is -3.54. The maximum Gasteiger partial charge on any atom is 0.276 e. The topological polar surface area (TPSA) is 93.3 Å². The van der Waals surface area contributed by atoms with Gasteiger partial charge in [0.1, 0.15) is 17.4 Å². The molecule has 4 rings (SSSR count). The largest absolute Gasteiger partial charge is 0.449 e. The highest BCUT2D eigenvalue weighted by atomic mass is 32.2. The Bertz CT molecular complexity index is 833. The number of piperidine rings is 1. The van der Waals surface area contributed by atoms with Gasteiger partial charge in [0.05, 0.1) is 6.54 Å². The lowest BCUT2D eigenvalue weighted by atomic mass is 9.97.